The van der Waals surface area contributed by atoms with Gasteiger partial charge in [-0.2, -0.15) is 0 Å². The lowest BCUT2D eigenvalue weighted by Gasteiger charge is -2.32. The first kappa shape index (κ1) is 15.3. The second kappa shape index (κ2) is 7.62. The van der Waals surface area contributed by atoms with E-state index in [4.69, 9.17) is 9.47 Å². The zero-order valence-electron chi connectivity index (χ0n) is 12.4. The summed E-state index contributed by atoms with van der Waals surface area (Å²) in [7, 11) is 3.41. The molecule has 1 aromatic rings. The summed E-state index contributed by atoms with van der Waals surface area (Å²) in [6.45, 7) is 3.64. The summed E-state index contributed by atoms with van der Waals surface area (Å²) >= 11 is 0. The van der Waals surface area contributed by atoms with Crippen LogP contribution in [0.2, 0.25) is 0 Å². The van der Waals surface area contributed by atoms with E-state index in [1.54, 1.807) is 14.2 Å². The van der Waals surface area contributed by atoms with Gasteiger partial charge in [0.05, 0.1) is 13.2 Å². The Morgan fingerprint density at radius 1 is 1.20 bits per heavy atom. The fraction of sp³-hybridized carbons (Fsp3) is 0.625. The lowest BCUT2D eigenvalue weighted by molar-refractivity contribution is 0.0656. The van der Waals surface area contributed by atoms with E-state index in [9.17, 15) is 5.11 Å². The molecule has 0 radical (unpaired) electrons. The van der Waals surface area contributed by atoms with Crippen molar-refractivity contribution in [2.45, 2.75) is 18.9 Å². The van der Waals surface area contributed by atoms with Gasteiger partial charge < -0.3 is 19.5 Å². The smallest absolute Gasteiger partial charge is 0.118 e. The molecule has 4 heteroatoms. The highest BCUT2D eigenvalue weighted by molar-refractivity contribution is 5.28. The SMILES string of the molecule is COCC1CCN(CC(O)c2ccc(OC)cc2)CC1. The Morgan fingerprint density at radius 2 is 1.85 bits per heavy atom. The van der Waals surface area contributed by atoms with Crippen LogP contribution in [-0.4, -0.2) is 50.5 Å². The van der Waals surface area contributed by atoms with Crippen LogP contribution >= 0.6 is 0 Å². The summed E-state index contributed by atoms with van der Waals surface area (Å²) in [4.78, 5) is 2.33. The Bertz CT molecular complexity index is 385. The van der Waals surface area contributed by atoms with Gasteiger partial charge >= 0.3 is 0 Å². The van der Waals surface area contributed by atoms with Crippen molar-refractivity contribution in [2.24, 2.45) is 5.92 Å². The van der Waals surface area contributed by atoms with Gasteiger partial charge in [0.25, 0.3) is 0 Å². The molecule has 112 valence electrons. The summed E-state index contributed by atoms with van der Waals surface area (Å²) in [6, 6.07) is 7.65. The number of piperidine rings is 1. The van der Waals surface area contributed by atoms with Crippen LogP contribution in [0.4, 0.5) is 0 Å². The lowest BCUT2D eigenvalue weighted by atomic mass is 9.97. The molecule has 1 atom stereocenters. The zero-order chi connectivity index (χ0) is 14.4. The van der Waals surface area contributed by atoms with Crippen molar-refractivity contribution >= 4 is 0 Å². The molecule has 0 amide bonds. The van der Waals surface area contributed by atoms with Crippen LogP contribution in [0, 0.1) is 5.92 Å². The Morgan fingerprint density at radius 3 is 2.40 bits per heavy atom. The van der Waals surface area contributed by atoms with Gasteiger partial charge in [-0.05, 0) is 49.5 Å². The minimum absolute atomic E-state index is 0.431. The summed E-state index contributed by atoms with van der Waals surface area (Å²) in [5.41, 5.74) is 0.949. The number of rotatable bonds is 6. The molecule has 0 aromatic heterocycles. The van der Waals surface area contributed by atoms with Gasteiger partial charge in [-0.1, -0.05) is 12.1 Å². The second-order valence-electron chi connectivity index (χ2n) is 5.49. The molecule has 1 aromatic carbocycles. The van der Waals surface area contributed by atoms with E-state index < -0.39 is 6.10 Å². The molecule has 1 heterocycles. The molecule has 1 fully saturated rings. The van der Waals surface area contributed by atoms with Crippen molar-refractivity contribution in [1.29, 1.82) is 0 Å². The largest absolute Gasteiger partial charge is 0.497 e. The molecule has 20 heavy (non-hydrogen) atoms. The molecule has 0 bridgehead atoms. The first-order valence-corrected chi connectivity index (χ1v) is 7.26. The maximum atomic E-state index is 10.3. The standard InChI is InChI=1S/C16H25NO3/c1-19-12-13-7-9-17(10-8-13)11-16(18)14-3-5-15(20-2)6-4-14/h3-6,13,16,18H,7-12H2,1-2H3. The van der Waals surface area contributed by atoms with Gasteiger partial charge in [0.2, 0.25) is 0 Å². The molecule has 0 spiro atoms. The topological polar surface area (TPSA) is 41.9 Å². The summed E-state index contributed by atoms with van der Waals surface area (Å²) in [5, 5.41) is 10.3. The predicted octanol–water partition coefficient (Wildman–Crippen LogP) is 2.09. The molecule has 1 unspecified atom stereocenters. The van der Waals surface area contributed by atoms with Gasteiger partial charge in [0, 0.05) is 20.3 Å². The first-order valence-electron chi connectivity index (χ1n) is 7.26. The monoisotopic (exact) mass is 279 g/mol. The molecular weight excluding hydrogens is 254 g/mol. The van der Waals surface area contributed by atoms with E-state index in [1.807, 2.05) is 24.3 Å². The van der Waals surface area contributed by atoms with E-state index in [0.717, 1.165) is 43.9 Å². The Balaban J connectivity index is 1.81. The molecule has 4 nitrogen and oxygen atoms in total. The normalized spacial score (nSPS) is 18.9. The van der Waals surface area contributed by atoms with E-state index in [-0.39, 0.29) is 0 Å². The third-order valence-corrected chi connectivity index (χ3v) is 4.04. The molecule has 1 saturated heterocycles. The number of aliphatic hydroxyl groups excluding tert-OH is 1. The van der Waals surface area contributed by atoms with Crippen molar-refractivity contribution in [3.63, 3.8) is 0 Å². The van der Waals surface area contributed by atoms with E-state index >= 15 is 0 Å². The molecule has 1 aliphatic rings. The molecule has 0 saturated carbocycles. The molecular formula is C16H25NO3. The highest BCUT2D eigenvalue weighted by atomic mass is 16.5. The molecule has 2 rings (SSSR count). The van der Waals surface area contributed by atoms with Crippen molar-refractivity contribution in [2.75, 3.05) is 40.5 Å². The van der Waals surface area contributed by atoms with Crippen LogP contribution < -0.4 is 4.74 Å². The number of hydrogen-bond acceptors (Lipinski definition) is 4. The number of methoxy groups -OCH3 is 2. The number of β-amino-alcohol motifs (C(OH)–C–C–N with tert-alkyl or cyclic N) is 1. The van der Waals surface area contributed by atoms with Gasteiger partial charge in [-0.25, -0.2) is 0 Å². The van der Waals surface area contributed by atoms with E-state index in [1.165, 1.54) is 0 Å². The molecule has 0 aliphatic carbocycles. The maximum absolute atomic E-state index is 10.3. The van der Waals surface area contributed by atoms with Crippen LogP contribution in [0.5, 0.6) is 5.75 Å². The average molecular weight is 279 g/mol. The first-order chi connectivity index (χ1) is 9.72. The second-order valence-corrected chi connectivity index (χ2v) is 5.49. The number of ether oxygens (including phenoxy) is 2. The number of nitrogens with zero attached hydrogens (tertiary/aromatic N) is 1. The zero-order valence-corrected chi connectivity index (χ0v) is 12.4. The number of benzene rings is 1. The summed E-state index contributed by atoms with van der Waals surface area (Å²) in [6.07, 6.45) is 1.88. The van der Waals surface area contributed by atoms with Gasteiger partial charge in [-0.15, -0.1) is 0 Å². The van der Waals surface area contributed by atoms with Crippen LogP contribution in [0.1, 0.15) is 24.5 Å². The summed E-state index contributed by atoms with van der Waals surface area (Å²) in [5.74, 6) is 1.50. The minimum Gasteiger partial charge on any atom is -0.497 e. The fourth-order valence-electron chi connectivity index (χ4n) is 2.75. The lowest BCUT2D eigenvalue weighted by Crippen LogP contribution is -2.37. The predicted molar refractivity (Wildman–Crippen MR) is 79.0 cm³/mol. The third kappa shape index (κ3) is 4.20. The van der Waals surface area contributed by atoms with Gasteiger partial charge in [0.15, 0.2) is 0 Å². The quantitative estimate of drug-likeness (QED) is 0.866. The Kier molecular flexibility index (Phi) is 5.83. The average Bonchev–Trinajstić information content (AvgIpc) is 2.49. The summed E-state index contributed by atoms with van der Waals surface area (Å²) < 4.78 is 10.3. The van der Waals surface area contributed by atoms with Crippen molar-refractivity contribution in [1.82, 2.24) is 4.90 Å². The Labute approximate surface area is 121 Å². The highest BCUT2D eigenvalue weighted by Gasteiger charge is 2.21. The fourth-order valence-corrected chi connectivity index (χ4v) is 2.75. The van der Waals surface area contributed by atoms with Crippen LogP contribution in [-0.2, 0) is 4.74 Å². The number of aliphatic hydroxyl groups is 1. The van der Waals surface area contributed by atoms with Crippen LogP contribution in [0.15, 0.2) is 24.3 Å². The van der Waals surface area contributed by atoms with E-state index in [2.05, 4.69) is 4.90 Å². The maximum Gasteiger partial charge on any atom is 0.118 e. The Hall–Kier alpha value is -1.10. The van der Waals surface area contributed by atoms with Crippen molar-refractivity contribution < 1.29 is 14.6 Å². The number of hydrogen-bond donors (Lipinski definition) is 1. The van der Waals surface area contributed by atoms with Crippen molar-refractivity contribution in [3.05, 3.63) is 29.8 Å². The van der Waals surface area contributed by atoms with Gasteiger partial charge in [0.1, 0.15) is 5.75 Å². The third-order valence-electron chi connectivity index (χ3n) is 4.04. The highest BCUT2D eigenvalue weighted by Crippen LogP contribution is 2.22. The van der Waals surface area contributed by atoms with Crippen molar-refractivity contribution in [3.8, 4) is 5.75 Å². The molecule has 1 aliphatic heterocycles. The number of likely N-dealkylation sites (tertiary alicyclic amines) is 1. The molecule has 1 N–H and O–H groups in total. The minimum atomic E-state index is -0.431. The van der Waals surface area contributed by atoms with E-state index in [0.29, 0.717) is 12.5 Å². The van der Waals surface area contributed by atoms with Gasteiger partial charge in [-0.3, -0.25) is 0 Å². The van der Waals surface area contributed by atoms with Crippen LogP contribution in [0.3, 0.4) is 0 Å². The van der Waals surface area contributed by atoms with Crippen LogP contribution in [0.25, 0.3) is 0 Å².